The molecule has 0 spiro atoms. The number of ether oxygens (including phenoxy) is 1. The number of aromatic nitrogens is 1. The molecule has 0 bridgehead atoms. The summed E-state index contributed by atoms with van der Waals surface area (Å²) in [5, 5.41) is 2.57. The molecule has 0 aliphatic carbocycles. The lowest BCUT2D eigenvalue weighted by atomic mass is 10.1. The van der Waals surface area contributed by atoms with Crippen LogP contribution >= 0.6 is 11.3 Å². The highest BCUT2D eigenvalue weighted by atomic mass is 32.1. The van der Waals surface area contributed by atoms with Crippen molar-refractivity contribution in [2.75, 3.05) is 7.11 Å². The van der Waals surface area contributed by atoms with Crippen molar-refractivity contribution in [3.05, 3.63) is 76.8 Å². The second kappa shape index (κ2) is 7.36. The first-order chi connectivity index (χ1) is 12.1. The van der Waals surface area contributed by atoms with E-state index in [1.165, 1.54) is 23.5 Å². The highest BCUT2D eigenvalue weighted by molar-refractivity contribution is 7.13. The van der Waals surface area contributed by atoms with Gasteiger partial charge in [-0.25, -0.2) is 13.8 Å². The molecule has 0 atom stereocenters. The van der Waals surface area contributed by atoms with Gasteiger partial charge in [0.05, 0.1) is 18.4 Å². The number of rotatable bonds is 5. The average molecular weight is 357 g/mol. The number of thiazole rings is 1. The van der Waals surface area contributed by atoms with Crippen LogP contribution in [0.2, 0.25) is 0 Å². The van der Waals surface area contributed by atoms with Gasteiger partial charge in [-0.3, -0.25) is 4.79 Å². The molecule has 25 heavy (non-hydrogen) atoms. The predicted molar refractivity (Wildman–Crippen MR) is 93.8 cm³/mol. The largest absolute Gasteiger partial charge is 0.497 e. The lowest BCUT2D eigenvalue weighted by molar-refractivity contribution is 0.104. The Kier molecular flexibility index (Phi) is 5.00. The molecular formula is C19H13F2NO2S. The number of hydrogen-bond donors (Lipinski definition) is 0. The van der Waals surface area contributed by atoms with Crippen LogP contribution in [0.3, 0.4) is 0 Å². The van der Waals surface area contributed by atoms with E-state index in [4.69, 9.17) is 4.74 Å². The topological polar surface area (TPSA) is 39.2 Å². The first kappa shape index (κ1) is 17.0. The lowest BCUT2D eigenvalue weighted by Crippen LogP contribution is -1.99. The normalized spacial score (nSPS) is 11.0. The van der Waals surface area contributed by atoms with Crippen LogP contribution in [-0.2, 0) is 0 Å². The fourth-order valence-electron chi connectivity index (χ4n) is 2.19. The van der Waals surface area contributed by atoms with Crippen molar-refractivity contribution < 1.29 is 18.3 Å². The van der Waals surface area contributed by atoms with Gasteiger partial charge in [0.2, 0.25) is 0 Å². The third-order valence-electron chi connectivity index (χ3n) is 3.44. The molecule has 3 nitrogen and oxygen atoms in total. The van der Waals surface area contributed by atoms with E-state index in [9.17, 15) is 13.6 Å². The summed E-state index contributed by atoms with van der Waals surface area (Å²) in [6, 6.07) is 10.3. The van der Waals surface area contributed by atoms with E-state index < -0.39 is 17.4 Å². The minimum atomic E-state index is -0.884. The monoisotopic (exact) mass is 357 g/mol. The summed E-state index contributed by atoms with van der Waals surface area (Å²) in [5.74, 6) is -1.43. The van der Waals surface area contributed by atoms with Crippen LogP contribution in [0.15, 0.2) is 53.9 Å². The zero-order chi connectivity index (χ0) is 17.8. The van der Waals surface area contributed by atoms with Gasteiger partial charge in [-0.15, -0.1) is 11.3 Å². The zero-order valence-corrected chi connectivity index (χ0v) is 14.0. The molecule has 0 unspecified atom stereocenters. The molecule has 126 valence electrons. The predicted octanol–water partition coefficient (Wildman–Crippen LogP) is 4.99. The molecule has 3 rings (SSSR count). The molecule has 3 aromatic rings. The van der Waals surface area contributed by atoms with Crippen molar-refractivity contribution in [3.8, 4) is 16.3 Å². The third kappa shape index (κ3) is 3.97. The summed E-state index contributed by atoms with van der Waals surface area (Å²) in [5.41, 5.74) is 1.31. The Balaban J connectivity index is 1.78. The number of benzene rings is 2. The molecule has 1 heterocycles. The Morgan fingerprint density at radius 1 is 1.20 bits per heavy atom. The molecule has 0 amide bonds. The van der Waals surface area contributed by atoms with Crippen LogP contribution in [-0.4, -0.2) is 17.9 Å². The van der Waals surface area contributed by atoms with Crippen LogP contribution < -0.4 is 4.74 Å². The Morgan fingerprint density at radius 3 is 2.80 bits per heavy atom. The summed E-state index contributed by atoms with van der Waals surface area (Å²) in [4.78, 5) is 16.4. The number of nitrogens with zero attached hydrogens (tertiary/aromatic N) is 1. The molecule has 0 aliphatic rings. The van der Waals surface area contributed by atoms with E-state index in [1.807, 2.05) is 24.3 Å². The first-order valence-electron chi connectivity index (χ1n) is 7.34. The van der Waals surface area contributed by atoms with Crippen LogP contribution in [0.25, 0.3) is 16.6 Å². The zero-order valence-electron chi connectivity index (χ0n) is 13.2. The minimum Gasteiger partial charge on any atom is -0.497 e. The maximum Gasteiger partial charge on any atom is 0.188 e. The average Bonchev–Trinajstić information content (AvgIpc) is 3.09. The molecule has 6 heteroatoms. The van der Waals surface area contributed by atoms with Crippen LogP contribution in [0.5, 0.6) is 5.75 Å². The minimum absolute atomic E-state index is 0.180. The number of methoxy groups -OCH3 is 1. The molecule has 1 aromatic heterocycles. The highest BCUT2D eigenvalue weighted by Crippen LogP contribution is 2.27. The smallest absolute Gasteiger partial charge is 0.188 e. The molecule has 0 saturated heterocycles. The van der Waals surface area contributed by atoms with Gasteiger partial charge in [-0.1, -0.05) is 12.1 Å². The van der Waals surface area contributed by atoms with E-state index in [2.05, 4.69) is 4.98 Å². The first-order valence-corrected chi connectivity index (χ1v) is 8.22. The van der Waals surface area contributed by atoms with Crippen LogP contribution in [0, 0.1) is 11.6 Å². The van der Waals surface area contributed by atoms with Gasteiger partial charge in [-0.05, 0) is 36.4 Å². The van der Waals surface area contributed by atoms with Gasteiger partial charge in [0.15, 0.2) is 5.78 Å². The number of allylic oxidation sites excluding steroid dienone is 1. The summed E-state index contributed by atoms with van der Waals surface area (Å²) in [6.07, 6.45) is 2.73. The standard InChI is InChI=1S/C19H13F2NO2S/c1-24-15-4-2-3-12(9-15)19-22-14(11-25-19)6-8-18(23)16-7-5-13(20)10-17(16)21/h2-11H,1H3/b8-6+. The van der Waals surface area contributed by atoms with E-state index >= 15 is 0 Å². The number of hydrogen-bond acceptors (Lipinski definition) is 4. The number of ketones is 1. The van der Waals surface area contributed by atoms with Gasteiger partial charge < -0.3 is 4.74 Å². The van der Waals surface area contributed by atoms with Gasteiger partial charge in [-0.2, -0.15) is 0 Å². The van der Waals surface area contributed by atoms with Crippen molar-refractivity contribution in [3.63, 3.8) is 0 Å². The maximum absolute atomic E-state index is 13.6. The van der Waals surface area contributed by atoms with Gasteiger partial charge in [0.25, 0.3) is 0 Å². The molecule has 2 aromatic carbocycles. The molecule has 0 radical (unpaired) electrons. The lowest BCUT2D eigenvalue weighted by Gasteiger charge is -2.01. The SMILES string of the molecule is COc1cccc(-c2nc(/C=C/C(=O)c3ccc(F)cc3F)cs2)c1. The van der Waals surface area contributed by atoms with Crippen molar-refractivity contribution in [1.82, 2.24) is 4.98 Å². The van der Waals surface area contributed by atoms with E-state index in [-0.39, 0.29) is 5.56 Å². The highest BCUT2D eigenvalue weighted by Gasteiger charge is 2.10. The van der Waals surface area contributed by atoms with Crippen LogP contribution in [0.4, 0.5) is 8.78 Å². The molecule has 0 N–H and O–H groups in total. The second-order valence-electron chi connectivity index (χ2n) is 5.13. The Morgan fingerprint density at radius 2 is 2.04 bits per heavy atom. The van der Waals surface area contributed by atoms with E-state index in [1.54, 1.807) is 12.5 Å². The Labute approximate surface area is 147 Å². The Bertz CT molecular complexity index is 950. The fraction of sp³-hybridized carbons (Fsp3) is 0.0526. The summed E-state index contributed by atoms with van der Waals surface area (Å²) in [7, 11) is 1.59. The molecule has 0 fully saturated rings. The maximum atomic E-state index is 13.6. The number of halogens is 2. The Hall–Kier alpha value is -2.86. The fourth-order valence-corrected chi connectivity index (χ4v) is 2.98. The summed E-state index contributed by atoms with van der Waals surface area (Å²) in [6.45, 7) is 0. The van der Waals surface area contributed by atoms with Crippen molar-refractivity contribution in [2.24, 2.45) is 0 Å². The van der Waals surface area contributed by atoms with Gasteiger partial charge >= 0.3 is 0 Å². The molecule has 0 aliphatic heterocycles. The van der Waals surface area contributed by atoms with Crippen molar-refractivity contribution in [1.29, 1.82) is 0 Å². The van der Waals surface area contributed by atoms with Gasteiger partial charge in [0, 0.05) is 17.0 Å². The number of carbonyl (C=O) groups is 1. The van der Waals surface area contributed by atoms with E-state index in [0.29, 0.717) is 11.8 Å². The third-order valence-corrected chi connectivity index (χ3v) is 4.35. The summed E-state index contributed by atoms with van der Waals surface area (Å²) >= 11 is 1.42. The second-order valence-corrected chi connectivity index (χ2v) is 5.99. The van der Waals surface area contributed by atoms with Gasteiger partial charge in [0.1, 0.15) is 22.4 Å². The van der Waals surface area contributed by atoms with E-state index in [0.717, 1.165) is 28.5 Å². The molecule has 0 saturated carbocycles. The van der Waals surface area contributed by atoms with Crippen molar-refractivity contribution >= 4 is 23.2 Å². The van der Waals surface area contributed by atoms with Crippen LogP contribution in [0.1, 0.15) is 16.1 Å². The van der Waals surface area contributed by atoms with Crippen molar-refractivity contribution in [2.45, 2.75) is 0 Å². The quantitative estimate of drug-likeness (QED) is 0.477. The molecular weight excluding hydrogens is 344 g/mol. The summed E-state index contributed by atoms with van der Waals surface area (Å²) < 4.78 is 31.7. The number of carbonyl (C=O) groups excluding carboxylic acids is 1.